The number of nitrogens with one attached hydrogen (secondary N) is 1. The van der Waals surface area contributed by atoms with Crippen LogP contribution in [0.2, 0.25) is 5.02 Å². The van der Waals surface area contributed by atoms with E-state index in [1.807, 2.05) is 43.3 Å². The third-order valence-corrected chi connectivity index (χ3v) is 8.10. The summed E-state index contributed by atoms with van der Waals surface area (Å²) in [4.78, 5) is 14.9. The van der Waals surface area contributed by atoms with Crippen LogP contribution in [0.3, 0.4) is 0 Å². The maximum absolute atomic E-state index is 12.9. The quantitative estimate of drug-likeness (QED) is 0.678. The minimum absolute atomic E-state index is 0.0844. The fraction of sp³-hybridized carbons (Fsp3) is 0.435. The highest BCUT2D eigenvalue weighted by atomic mass is 35.5. The number of likely N-dealkylation sites (N-methyl/N-ethyl adjacent to an activating group) is 1. The van der Waals surface area contributed by atoms with E-state index in [1.54, 1.807) is 12.1 Å². The second-order valence-corrected chi connectivity index (χ2v) is 10.7. The van der Waals surface area contributed by atoms with E-state index in [9.17, 15) is 13.2 Å². The highest BCUT2D eigenvalue weighted by Gasteiger charge is 2.28. The Morgan fingerprint density at radius 3 is 2.32 bits per heavy atom. The lowest BCUT2D eigenvalue weighted by molar-refractivity contribution is 0.0942. The van der Waals surface area contributed by atoms with Crippen LogP contribution < -0.4 is 5.32 Å². The number of amides is 1. The minimum Gasteiger partial charge on any atom is -0.350 e. The van der Waals surface area contributed by atoms with Crippen molar-refractivity contribution in [3.63, 3.8) is 0 Å². The van der Waals surface area contributed by atoms with Gasteiger partial charge in [0.2, 0.25) is 10.0 Å². The third-order valence-electron chi connectivity index (χ3n) is 5.84. The van der Waals surface area contributed by atoms with Gasteiger partial charge in [0.25, 0.3) is 5.91 Å². The Labute approximate surface area is 190 Å². The topological polar surface area (TPSA) is 69.7 Å². The van der Waals surface area contributed by atoms with E-state index >= 15 is 0 Å². The molecule has 0 bridgehead atoms. The molecule has 8 heteroatoms. The first-order valence-electron chi connectivity index (χ1n) is 10.5. The maximum Gasteiger partial charge on any atom is 0.251 e. The van der Waals surface area contributed by atoms with Crippen molar-refractivity contribution < 1.29 is 13.2 Å². The van der Waals surface area contributed by atoms with Crippen LogP contribution in [0.4, 0.5) is 0 Å². The fourth-order valence-electron chi connectivity index (χ4n) is 3.76. The van der Waals surface area contributed by atoms with E-state index < -0.39 is 10.0 Å². The predicted molar refractivity (Wildman–Crippen MR) is 124 cm³/mol. The first-order chi connectivity index (χ1) is 14.7. The first kappa shape index (κ1) is 23.7. The van der Waals surface area contributed by atoms with Gasteiger partial charge in [-0.15, -0.1) is 0 Å². The summed E-state index contributed by atoms with van der Waals surface area (Å²) in [6, 6.07) is 13.6. The van der Waals surface area contributed by atoms with Gasteiger partial charge in [0, 0.05) is 30.2 Å². The largest absolute Gasteiger partial charge is 0.350 e. The van der Waals surface area contributed by atoms with Gasteiger partial charge in [-0.05, 0) is 68.8 Å². The molecule has 1 saturated heterocycles. The number of hydrogen-bond donors (Lipinski definition) is 1. The smallest absolute Gasteiger partial charge is 0.251 e. The number of benzene rings is 2. The van der Waals surface area contributed by atoms with Gasteiger partial charge in [-0.1, -0.05) is 36.7 Å². The molecule has 0 radical (unpaired) electrons. The van der Waals surface area contributed by atoms with Gasteiger partial charge in [0.05, 0.1) is 10.9 Å². The Morgan fingerprint density at radius 1 is 1.13 bits per heavy atom. The number of carbonyl (C=O) groups excluding carboxylic acids is 1. The second kappa shape index (κ2) is 10.1. The van der Waals surface area contributed by atoms with E-state index in [2.05, 4.69) is 12.2 Å². The van der Waals surface area contributed by atoms with Gasteiger partial charge >= 0.3 is 0 Å². The Kier molecular flexibility index (Phi) is 7.75. The normalized spacial score (nSPS) is 16.9. The number of piperidine rings is 1. The highest BCUT2D eigenvalue weighted by Crippen LogP contribution is 2.26. The highest BCUT2D eigenvalue weighted by molar-refractivity contribution is 7.89. The molecular weight excluding hydrogens is 434 g/mol. The summed E-state index contributed by atoms with van der Waals surface area (Å²) in [5.41, 5.74) is 1.36. The average Bonchev–Trinajstić information content (AvgIpc) is 2.75. The van der Waals surface area contributed by atoms with Crippen LogP contribution in [-0.4, -0.2) is 57.3 Å². The van der Waals surface area contributed by atoms with Crippen molar-refractivity contribution in [2.24, 2.45) is 5.92 Å². The second-order valence-electron chi connectivity index (χ2n) is 8.32. The zero-order valence-corrected chi connectivity index (χ0v) is 19.8. The van der Waals surface area contributed by atoms with Gasteiger partial charge < -0.3 is 10.2 Å². The number of halogens is 1. The number of rotatable bonds is 7. The van der Waals surface area contributed by atoms with E-state index in [0.29, 0.717) is 36.1 Å². The summed E-state index contributed by atoms with van der Waals surface area (Å²) in [6.07, 6.45) is 1.75. The van der Waals surface area contributed by atoms with E-state index in [1.165, 1.54) is 16.4 Å². The van der Waals surface area contributed by atoms with Gasteiger partial charge in [-0.2, -0.15) is 4.31 Å². The fourth-order valence-corrected chi connectivity index (χ4v) is 5.49. The van der Waals surface area contributed by atoms with E-state index in [4.69, 9.17) is 11.6 Å². The summed E-state index contributed by atoms with van der Waals surface area (Å²) in [7, 11) is 0.338. The molecule has 0 spiro atoms. The van der Waals surface area contributed by atoms with Crippen LogP contribution >= 0.6 is 11.6 Å². The number of nitrogens with zero attached hydrogens (tertiary/aromatic N) is 2. The van der Waals surface area contributed by atoms with Crippen molar-refractivity contribution in [1.29, 1.82) is 0 Å². The van der Waals surface area contributed by atoms with E-state index in [0.717, 1.165) is 18.4 Å². The zero-order valence-electron chi connectivity index (χ0n) is 18.2. The molecule has 1 N–H and O–H groups in total. The lowest BCUT2D eigenvalue weighted by atomic mass is 10.0. The first-order valence-corrected chi connectivity index (χ1v) is 12.3. The molecule has 1 aliphatic heterocycles. The average molecular weight is 464 g/mol. The lowest BCUT2D eigenvalue weighted by Gasteiger charge is -2.29. The Hall–Kier alpha value is -1.93. The molecule has 1 aliphatic rings. The molecule has 6 nitrogen and oxygen atoms in total. The summed E-state index contributed by atoms with van der Waals surface area (Å²) >= 11 is 6.33. The Bertz CT molecular complexity index is 1000. The van der Waals surface area contributed by atoms with Crippen LogP contribution in [0.5, 0.6) is 0 Å². The monoisotopic (exact) mass is 463 g/mol. The van der Waals surface area contributed by atoms with Gasteiger partial charge in [-0.25, -0.2) is 8.42 Å². The lowest BCUT2D eigenvalue weighted by Crippen LogP contribution is -2.38. The van der Waals surface area contributed by atoms with Gasteiger partial charge in [0.1, 0.15) is 0 Å². The van der Waals surface area contributed by atoms with Crippen LogP contribution in [0, 0.1) is 5.92 Å². The molecule has 1 fully saturated rings. The molecule has 3 rings (SSSR count). The van der Waals surface area contributed by atoms with Crippen molar-refractivity contribution in [2.75, 3.05) is 33.7 Å². The summed E-state index contributed by atoms with van der Waals surface area (Å²) < 4.78 is 27.3. The molecular formula is C23H30ClN3O3S. The number of carbonyl (C=O) groups is 1. The molecule has 0 aromatic heterocycles. The van der Waals surface area contributed by atoms with Crippen LogP contribution in [0.1, 0.15) is 41.7 Å². The molecule has 31 heavy (non-hydrogen) atoms. The molecule has 1 amide bonds. The number of sulfonamides is 1. The summed E-state index contributed by atoms with van der Waals surface area (Å²) in [5.74, 6) is 0.295. The molecule has 168 valence electrons. The zero-order chi connectivity index (χ0) is 22.6. The number of hydrogen-bond acceptors (Lipinski definition) is 4. The van der Waals surface area contributed by atoms with Crippen LogP contribution in [0.25, 0.3) is 0 Å². The van der Waals surface area contributed by atoms with Crippen molar-refractivity contribution in [3.05, 3.63) is 64.7 Å². The molecule has 0 aliphatic carbocycles. The maximum atomic E-state index is 12.9. The minimum atomic E-state index is -3.53. The van der Waals surface area contributed by atoms with Crippen LogP contribution in [0.15, 0.2) is 53.4 Å². The summed E-state index contributed by atoms with van der Waals surface area (Å²) in [6.45, 7) is 3.60. The Morgan fingerprint density at radius 2 is 1.74 bits per heavy atom. The molecule has 0 saturated carbocycles. The van der Waals surface area contributed by atoms with E-state index in [-0.39, 0.29) is 16.8 Å². The van der Waals surface area contributed by atoms with Crippen molar-refractivity contribution in [2.45, 2.75) is 30.7 Å². The van der Waals surface area contributed by atoms with Crippen molar-refractivity contribution in [3.8, 4) is 0 Å². The molecule has 2 aromatic carbocycles. The standard InChI is InChI=1S/C23H30ClN3O3S/c1-17-12-14-27(15-13-17)31(29,30)19-10-8-18(9-11-19)23(28)25-16-22(26(2)3)20-6-4-5-7-21(20)24/h4-11,17,22H,12-16H2,1-3H3,(H,25,28). The van der Waals surface area contributed by atoms with Gasteiger partial charge in [-0.3, -0.25) is 4.79 Å². The molecule has 1 unspecified atom stereocenters. The molecule has 2 aromatic rings. The molecule has 1 heterocycles. The SMILES string of the molecule is CC1CCN(S(=O)(=O)c2ccc(C(=O)NCC(c3ccccc3Cl)N(C)C)cc2)CC1. The predicted octanol–water partition coefficient (Wildman–Crippen LogP) is 3.79. The van der Waals surface area contributed by atoms with Crippen molar-refractivity contribution in [1.82, 2.24) is 14.5 Å². The Balaban J connectivity index is 1.67. The third kappa shape index (κ3) is 5.66. The summed E-state index contributed by atoms with van der Waals surface area (Å²) in [5, 5.41) is 3.58. The van der Waals surface area contributed by atoms with Gasteiger partial charge in [0.15, 0.2) is 0 Å². The van der Waals surface area contributed by atoms with Crippen molar-refractivity contribution >= 4 is 27.5 Å². The van der Waals surface area contributed by atoms with Crippen LogP contribution in [-0.2, 0) is 10.0 Å². The molecule has 1 atom stereocenters.